The lowest BCUT2D eigenvalue weighted by atomic mass is 9.98. The highest BCUT2D eigenvalue weighted by atomic mass is 32.2. The summed E-state index contributed by atoms with van der Waals surface area (Å²) in [6.07, 6.45) is 4.58. The number of carbonyl (C=O) groups is 1. The van der Waals surface area contributed by atoms with E-state index in [1.807, 2.05) is 0 Å². The molecule has 2 saturated heterocycles. The molecule has 12 heteroatoms. The number of methoxy groups -OCH3 is 1. The summed E-state index contributed by atoms with van der Waals surface area (Å²) in [6, 6.07) is 10.4. The van der Waals surface area contributed by atoms with Gasteiger partial charge < -0.3 is 14.4 Å². The van der Waals surface area contributed by atoms with E-state index in [-0.39, 0.29) is 34.4 Å². The number of sulfonamides is 2. The quantitative estimate of drug-likeness (QED) is 0.429. The third kappa shape index (κ3) is 7.10. The van der Waals surface area contributed by atoms with Gasteiger partial charge in [-0.3, -0.25) is 4.79 Å². The number of likely N-dealkylation sites (tertiary alicyclic amines) is 1. The molecule has 0 aromatic heterocycles. The van der Waals surface area contributed by atoms with Crippen molar-refractivity contribution >= 4 is 26.0 Å². The molecule has 2 fully saturated rings. The number of hydrogen-bond donors (Lipinski definition) is 1. The fourth-order valence-electron chi connectivity index (χ4n) is 4.79. The van der Waals surface area contributed by atoms with Crippen LogP contribution in [0.25, 0.3) is 0 Å². The van der Waals surface area contributed by atoms with Crippen molar-refractivity contribution in [2.24, 2.45) is 5.92 Å². The van der Waals surface area contributed by atoms with Gasteiger partial charge in [0.1, 0.15) is 18.1 Å². The molecule has 4 rings (SSSR count). The van der Waals surface area contributed by atoms with Crippen molar-refractivity contribution in [2.45, 2.75) is 48.8 Å². The second kappa shape index (κ2) is 12.7. The van der Waals surface area contributed by atoms with Gasteiger partial charge in [-0.2, -0.15) is 4.31 Å². The van der Waals surface area contributed by atoms with E-state index in [1.165, 1.54) is 41.7 Å². The van der Waals surface area contributed by atoms with Crippen LogP contribution in [0.1, 0.15) is 49.4 Å². The molecule has 1 amide bonds. The lowest BCUT2D eigenvalue weighted by molar-refractivity contribution is 0.0693. The maximum Gasteiger partial charge on any atom is 0.257 e. The van der Waals surface area contributed by atoms with Crippen LogP contribution >= 0.6 is 0 Å². The van der Waals surface area contributed by atoms with Crippen LogP contribution in [0.2, 0.25) is 0 Å². The molecule has 2 heterocycles. The zero-order valence-corrected chi connectivity index (χ0v) is 24.1. The van der Waals surface area contributed by atoms with Crippen LogP contribution in [0.3, 0.4) is 0 Å². The molecule has 0 atom stereocenters. The number of hydrogen-bond acceptors (Lipinski definition) is 7. The smallest absolute Gasteiger partial charge is 0.257 e. The highest BCUT2D eigenvalue weighted by Crippen LogP contribution is 2.27. The Labute approximate surface area is 231 Å². The standard InChI is InChI=1S/C27H37N3O7S2/c1-21-12-17-29(18-13-21)27(31)25-20-24(10-11-26(25)36-2)38(32,33)28-14-19-37-22-6-8-23(9-7-22)39(34,35)30-15-4-3-5-16-30/h6-11,20-21,28H,3-5,12-19H2,1-2H3. The Hall–Kier alpha value is -2.67. The van der Waals surface area contributed by atoms with E-state index in [0.29, 0.717) is 43.6 Å². The van der Waals surface area contributed by atoms with Crippen LogP contribution in [0.5, 0.6) is 11.5 Å². The van der Waals surface area contributed by atoms with Gasteiger partial charge in [-0.05, 0) is 74.1 Å². The summed E-state index contributed by atoms with van der Waals surface area (Å²) >= 11 is 0. The summed E-state index contributed by atoms with van der Waals surface area (Å²) in [6.45, 7) is 4.48. The van der Waals surface area contributed by atoms with Gasteiger partial charge in [0.05, 0.1) is 22.5 Å². The molecule has 2 aromatic carbocycles. The summed E-state index contributed by atoms with van der Waals surface area (Å²) in [5, 5.41) is 0. The third-order valence-corrected chi connectivity index (χ3v) is 10.6. The van der Waals surface area contributed by atoms with Crippen LogP contribution in [0.4, 0.5) is 0 Å². The largest absolute Gasteiger partial charge is 0.496 e. The van der Waals surface area contributed by atoms with Crippen molar-refractivity contribution in [3.63, 3.8) is 0 Å². The minimum Gasteiger partial charge on any atom is -0.496 e. The van der Waals surface area contributed by atoms with E-state index in [9.17, 15) is 21.6 Å². The van der Waals surface area contributed by atoms with Crippen LogP contribution in [-0.2, 0) is 20.0 Å². The van der Waals surface area contributed by atoms with Crippen LogP contribution < -0.4 is 14.2 Å². The number of piperidine rings is 2. The molecule has 0 aliphatic carbocycles. The predicted octanol–water partition coefficient (Wildman–Crippen LogP) is 3.10. The first-order chi connectivity index (χ1) is 18.6. The first kappa shape index (κ1) is 29.3. The number of benzene rings is 2. The average Bonchev–Trinajstić information content (AvgIpc) is 2.95. The van der Waals surface area contributed by atoms with Gasteiger partial charge in [0.2, 0.25) is 20.0 Å². The minimum absolute atomic E-state index is 0.0184. The van der Waals surface area contributed by atoms with E-state index in [0.717, 1.165) is 32.1 Å². The van der Waals surface area contributed by atoms with Gasteiger partial charge in [0.25, 0.3) is 5.91 Å². The molecular formula is C27H37N3O7S2. The molecule has 0 saturated carbocycles. The monoisotopic (exact) mass is 579 g/mol. The summed E-state index contributed by atoms with van der Waals surface area (Å²) in [4.78, 5) is 15.0. The molecule has 0 spiro atoms. The first-order valence-electron chi connectivity index (χ1n) is 13.3. The molecule has 10 nitrogen and oxygen atoms in total. The van der Waals surface area contributed by atoms with Gasteiger partial charge in [0, 0.05) is 32.7 Å². The fourth-order valence-corrected chi connectivity index (χ4v) is 7.35. The minimum atomic E-state index is -3.91. The topological polar surface area (TPSA) is 122 Å². The molecule has 2 aromatic rings. The Balaban J connectivity index is 1.34. The second-order valence-corrected chi connectivity index (χ2v) is 13.7. The number of rotatable bonds is 10. The van der Waals surface area contributed by atoms with E-state index >= 15 is 0 Å². The van der Waals surface area contributed by atoms with E-state index < -0.39 is 20.0 Å². The zero-order chi connectivity index (χ0) is 28.0. The number of nitrogens with one attached hydrogen (secondary N) is 1. The van der Waals surface area contributed by atoms with Crippen molar-refractivity contribution in [1.29, 1.82) is 0 Å². The van der Waals surface area contributed by atoms with Crippen LogP contribution in [-0.4, -0.2) is 78.4 Å². The van der Waals surface area contributed by atoms with Crippen LogP contribution in [0.15, 0.2) is 52.3 Å². The molecule has 0 radical (unpaired) electrons. The lowest BCUT2D eigenvalue weighted by Gasteiger charge is -2.30. The van der Waals surface area contributed by atoms with Crippen molar-refractivity contribution in [3.8, 4) is 11.5 Å². The summed E-state index contributed by atoms with van der Waals surface area (Å²) in [5.74, 6) is 1.07. The number of carbonyl (C=O) groups excluding carboxylic acids is 1. The Bertz CT molecular complexity index is 1350. The van der Waals surface area contributed by atoms with Gasteiger partial charge >= 0.3 is 0 Å². The predicted molar refractivity (Wildman–Crippen MR) is 147 cm³/mol. The highest BCUT2D eigenvalue weighted by molar-refractivity contribution is 7.89. The summed E-state index contributed by atoms with van der Waals surface area (Å²) < 4.78 is 66.4. The van der Waals surface area contributed by atoms with Gasteiger partial charge in [-0.1, -0.05) is 13.3 Å². The maximum atomic E-state index is 13.1. The Morgan fingerprint density at radius 1 is 0.923 bits per heavy atom. The Morgan fingerprint density at radius 3 is 2.21 bits per heavy atom. The Kier molecular flexibility index (Phi) is 9.52. The van der Waals surface area contributed by atoms with Crippen molar-refractivity contribution < 1.29 is 31.1 Å². The number of ether oxygens (including phenoxy) is 2. The summed E-state index contributed by atoms with van der Waals surface area (Å²) in [7, 11) is -6.00. The van der Waals surface area contributed by atoms with Crippen molar-refractivity contribution in [3.05, 3.63) is 48.0 Å². The normalized spacial score (nSPS) is 17.6. The molecule has 214 valence electrons. The van der Waals surface area contributed by atoms with E-state index in [4.69, 9.17) is 9.47 Å². The zero-order valence-electron chi connectivity index (χ0n) is 22.5. The summed E-state index contributed by atoms with van der Waals surface area (Å²) in [5.41, 5.74) is 0.214. The third-order valence-electron chi connectivity index (χ3n) is 7.22. The molecule has 0 bridgehead atoms. The fraction of sp³-hybridized carbons (Fsp3) is 0.519. The van der Waals surface area contributed by atoms with Crippen molar-refractivity contribution in [2.75, 3.05) is 46.4 Å². The molecule has 1 N–H and O–H groups in total. The molecule has 2 aliphatic heterocycles. The van der Waals surface area contributed by atoms with E-state index in [2.05, 4.69) is 11.6 Å². The van der Waals surface area contributed by atoms with Crippen molar-refractivity contribution in [1.82, 2.24) is 13.9 Å². The number of nitrogens with zero attached hydrogens (tertiary/aromatic N) is 2. The van der Waals surface area contributed by atoms with E-state index in [1.54, 1.807) is 17.0 Å². The molecular weight excluding hydrogens is 542 g/mol. The molecule has 2 aliphatic rings. The number of amides is 1. The Morgan fingerprint density at radius 2 is 1.56 bits per heavy atom. The van der Waals surface area contributed by atoms with Gasteiger partial charge in [0.15, 0.2) is 0 Å². The first-order valence-corrected chi connectivity index (χ1v) is 16.2. The maximum absolute atomic E-state index is 13.1. The lowest BCUT2D eigenvalue weighted by Crippen LogP contribution is -2.38. The molecule has 0 unspecified atom stereocenters. The van der Waals surface area contributed by atoms with Gasteiger partial charge in [-0.25, -0.2) is 21.6 Å². The van der Waals surface area contributed by atoms with Gasteiger partial charge in [-0.15, -0.1) is 0 Å². The average molecular weight is 580 g/mol. The second-order valence-electron chi connectivity index (χ2n) is 10.0. The molecule has 39 heavy (non-hydrogen) atoms. The SMILES string of the molecule is COc1ccc(S(=O)(=O)NCCOc2ccc(S(=O)(=O)N3CCCCC3)cc2)cc1C(=O)N1CCC(C)CC1. The highest BCUT2D eigenvalue weighted by Gasteiger charge is 2.27. The van der Waals surface area contributed by atoms with Crippen LogP contribution in [0, 0.1) is 5.92 Å².